The molecule has 0 bridgehead atoms. The molecule has 0 heterocycles. The normalized spacial score (nSPS) is 11.6. The van der Waals surface area contributed by atoms with Gasteiger partial charge in [-0.05, 0) is 12.5 Å². The van der Waals surface area contributed by atoms with Gasteiger partial charge in [-0.3, -0.25) is 14.9 Å². The van der Waals surface area contributed by atoms with Crippen molar-refractivity contribution in [3.63, 3.8) is 0 Å². The summed E-state index contributed by atoms with van der Waals surface area (Å²) in [7, 11) is 0. The molecule has 1 rings (SSSR count). The lowest BCUT2D eigenvalue weighted by Gasteiger charge is -2.15. The van der Waals surface area contributed by atoms with Crippen molar-refractivity contribution in [1.29, 1.82) is 0 Å². The fourth-order valence-electron chi connectivity index (χ4n) is 1.50. The van der Waals surface area contributed by atoms with Crippen LogP contribution in [-0.2, 0) is 4.79 Å². The van der Waals surface area contributed by atoms with Crippen molar-refractivity contribution in [1.82, 2.24) is 0 Å². The van der Waals surface area contributed by atoms with Gasteiger partial charge in [0.2, 0.25) is 0 Å². The number of hydrogen-bond acceptors (Lipinski definition) is 5. The number of hydrogen-bond donors (Lipinski definition) is 1. The van der Waals surface area contributed by atoms with Crippen LogP contribution >= 0.6 is 0 Å². The molecule has 0 aromatic heterocycles. The van der Waals surface area contributed by atoms with Crippen molar-refractivity contribution in [2.75, 3.05) is 0 Å². The summed E-state index contributed by atoms with van der Waals surface area (Å²) in [5.41, 5.74) is -0.298. The smallest absolute Gasteiger partial charge is 0.344 e. The second kappa shape index (κ2) is 6.48. The number of carbonyl (C=O) groups is 2. The first kappa shape index (κ1) is 14.6. The number of carboxylic acid groups (broad SMARTS) is 1. The fourth-order valence-corrected chi connectivity index (χ4v) is 1.50. The Morgan fingerprint density at radius 3 is 2.74 bits per heavy atom. The third-order valence-electron chi connectivity index (χ3n) is 2.43. The summed E-state index contributed by atoms with van der Waals surface area (Å²) in [6, 6.07) is 3.44. The van der Waals surface area contributed by atoms with Gasteiger partial charge in [-0.25, -0.2) is 4.79 Å². The molecule has 0 spiro atoms. The molecule has 0 aliphatic heterocycles. The fraction of sp³-hybridized carbons (Fsp3) is 0.333. The van der Waals surface area contributed by atoms with Gasteiger partial charge in [-0.15, -0.1) is 0 Å². The summed E-state index contributed by atoms with van der Waals surface area (Å²) in [5.74, 6) is -1.11. The first-order chi connectivity index (χ1) is 8.99. The van der Waals surface area contributed by atoms with E-state index in [-0.39, 0.29) is 23.4 Å². The van der Waals surface area contributed by atoms with Gasteiger partial charge in [0.25, 0.3) is 5.69 Å². The van der Waals surface area contributed by atoms with E-state index < -0.39 is 17.0 Å². The Bertz CT molecular complexity index is 499. The highest BCUT2D eigenvalue weighted by atomic mass is 16.6. The highest BCUT2D eigenvalue weighted by molar-refractivity contribution is 5.81. The minimum absolute atomic E-state index is 0.0291. The van der Waals surface area contributed by atoms with Gasteiger partial charge in [0.05, 0.1) is 10.5 Å². The van der Waals surface area contributed by atoms with Crippen LogP contribution in [0.4, 0.5) is 5.69 Å². The van der Waals surface area contributed by atoms with Gasteiger partial charge in [-0.2, -0.15) is 0 Å². The highest BCUT2D eigenvalue weighted by Crippen LogP contribution is 2.24. The summed E-state index contributed by atoms with van der Waals surface area (Å²) >= 11 is 0. The van der Waals surface area contributed by atoms with Crippen molar-refractivity contribution >= 4 is 17.9 Å². The second-order valence-corrected chi connectivity index (χ2v) is 3.83. The summed E-state index contributed by atoms with van der Waals surface area (Å²) < 4.78 is 5.22. The number of carbonyl (C=O) groups excluding carboxylic acids is 1. The molecule has 0 radical (unpaired) electrons. The van der Waals surface area contributed by atoms with E-state index in [2.05, 4.69) is 0 Å². The predicted molar refractivity (Wildman–Crippen MR) is 65.4 cm³/mol. The van der Waals surface area contributed by atoms with Crippen LogP contribution in [0.1, 0.15) is 30.1 Å². The molecule has 1 atom stereocenters. The van der Waals surface area contributed by atoms with Crippen LogP contribution in [0.15, 0.2) is 18.2 Å². The average Bonchev–Trinajstić information content (AvgIpc) is 2.38. The number of ether oxygens (including phenoxy) is 1. The molecular formula is C12H13NO6. The van der Waals surface area contributed by atoms with E-state index in [9.17, 15) is 19.7 Å². The number of aliphatic carboxylic acids is 1. The zero-order chi connectivity index (χ0) is 14.4. The van der Waals surface area contributed by atoms with E-state index in [0.29, 0.717) is 12.7 Å². The monoisotopic (exact) mass is 267 g/mol. The Labute approximate surface area is 109 Å². The maximum absolute atomic E-state index is 10.9. The number of nitrogens with zero attached hydrogens (tertiary/aromatic N) is 1. The van der Waals surface area contributed by atoms with Crippen LogP contribution in [0.2, 0.25) is 0 Å². The maximum Gasteiger partial charge on any atom is 0.344 e. The summed E-state index contributed by atoms with van der Waals surface area (Å²) in [5, 5.41) is 19.5. The van der Waals surface area contributed by atoms with Crippen molar-refractivity contribution in [3.8, 4) is 5.75 Å². The molecule has 1 aromatic rings. The molecule has 7 nitrogen and oxygen atoms in total. The summed E-state index contributed by atoms with van der Waals surface area (Å²) in [4.78, 5) is 31.7. The van der Waals surface area contributed by atoms with E-state index in [4.69, 9.17) is 9.84 Å². The molecule has 0 fully saturated rings. The third kappa shape index (κ3) is 3.77. The standard InChI is InChI=1S/C12H13NO6/c1-2-3-11(12(15)16)19-10-5-4-9(13(17)18)6-8(10)7-14/h4-7,11H,2-3H2,1H3,(H,15,16). The molecule has 0 saturated carbocycles. The molecular weight excluding hydrogens is 254 g/mol. The SMILES string of the molecule is CCCC(Oc1ccc([N+](=O)[O-])cc1C=O)C(=O)O. The van der Waals surface area contributed by atoms with E-state index in [0.717, 1.165) is 12.1 Å². The number of nitro groups is 1. The van der Waals surface area contributed by atoms with Gasteiger partial charge in [0, 0.05) is 12.1 Å². The summed E-state index contributed by atoms with van der Waals surface area (Å²) in [6.45, 7) is 1.80. The molecule has 7 heteroatoms. The lowest BCUT2D eigenvalue weighted by molar-refractivity contribution is -0.384. The Kier molecular flexibility index (Phi) is 4.99. The van der Waals surface area contributed by atoms with Gasteiger partial charge in [0.15, 0.2) is 12.4 Å². The van der Waals surface area contributed by atoms with Gasteiger partial charge >= 0.3 is 5.97 Å². The first-order valence-corrected chi connectivity index (χ1v) is 5.62. The molecule has 19 heavy (non-hydrogen) atoms. The lowest BCUT2D eigenvalue weighted by Crippen LogP contribution is -2.27. The molecule has 0 aliphatic rings. The van der Waals surface area contributed by atoms with Crippen molar-refractivity contribution < 1.29 is 24.4 Å². The number of nitro benzene ring substituents is 1. The van der Waals surface area contributed by atoms with Gasteiger partial charge in [0.1, 0.15) is 5.75 Å². The van der Waals surface area contributed by atoms with E-state index in [1.54, 1.807) is 6.92 Å². The van der Waals surface area contributed by atoms with Crippen LogP contribution in [0.5, 0.6) is 5.75 Å². The average molecular weight is 267 g/mol. The number of non-ortho nitro benzene ring substituents is 1. The van der Waals surface area contributed by atoms with E-state index in [1.807, 2.05) is 0 Å². The number of aldehydes is 1. The second-order valence-electron chi connectivity index (χ2n) is 3.83. The summed E-state index contributed by atoms with van der Waals surface area (Å²) in [6.07, 6.45) is 0.197. The van der Waals surface area contributed by atoms with Gasteiger partial charge < -0.3 is 9.84 Å². The largest absolute Gasteiger partial charge is 0.479 e. The molecule has 1 N–H and O–H groups in total. The zero-order valence-corrected chi connectivity index (χ0v) is 10.2. The predicted octanol–water partition coefficient (Wildman–Crippen LogP) is 2.04. The minimum atomic E-state index is -1.14. The Morgan fingerprint density at radius 1 is 1.58 bits per heavy atom. The molecule has 102 valence electrons. The molecule has 0 aliphatic carbocycles. The highest BCUT2D eigenvalue weighted by Gasteiger charge is 2.20. The quantitative estimate of drug-likeness (QED) is 0.460. The van der Waals surface area contributed by atoms with Gasteiger partial charge in [-0.1, -0.05) is 13.3 Å². The van der Waals surface area contributed by atoms with E-state index >= 15 is 0 Å². The van der Waals surface area contributed by atoms with Crippen LogP contribution < -0.4 is 4.74 Å². The van der Waals surface area contributed by atoms with Crippen molar-refractivity contribution in [3.05, 3.63) is 33.9 Å². The molecule has 1 unspecified atom stereocenters. The van der Waals surface area contributed by atoms with Crippen LogP contribution in [0.3, 0.4) is 0 Å². The van der Waals surface area contributed by atoms with Crippen molar-refractivity contribution in [2.45, 2.75) is 25.9 Å². The van der Waals surface area contributed by atoms with Crippen LogP contribution in [0, 0.1) is 10.1 Å². The third-order valence-corrected chi connectivity index (χ3v) is 2.43. The van der Waals surface area contributed by atoms with E-state index in [1.165, 1.54) is 6.07 Å². The van der Waals surface area contributed by atoms with Crippen molar-refractivity contribution in [2.24, 2.45) is 0 Å². The molecule has 0 amide bonds. The van der Waals surface area contributed by atoms with Crippen LogP contribution in [-0.4, -0.2) is 28.4 Å². The Hall–Kier alpha value is -2.44. The lowest BCUT2D eigenvalue weighted by atomic mass is 10.1. The Morgan fingerprint density at radius 2 is 2.26 bits per heavy atom. The minimum Gasteiger partial charge on any atom is -0.479 e. The number of rotatable bonds is 7. The first-order valence-electron chi connectivity index (χ1n) is 5.62. The zero-order valence-electron chi connectivity index (χ0n) is 10.2. The number of carboxylic acids is 1. The maximum atomic E-state index is 10.9. The Balaban J connectivity index is 3.02. The topological polar surface area (TPSA) is 107 Å². The van der Waals surface area contributed by atoms with Crippen LogP contribution in [0.25, 0.3) is 0 Å². The molecule has 0 saturated heterocycles. The molecule has 1 aromatic carbocycles. The number of benzene rings is 1.